The van der Waals surface area contributed by atoms with Crippen LogP contribution in [0.25, 0.3) is 0 Å². The molecule has 0 spiro atoms. The highest BCUT2D eigenvalue weighted by Crippen LogP contribution is 2.01. The van der Waals surface area contributed by atoms with Gasteiger partial charge in [-0.15, -0.1) is 0 Å². The van der Waals surface area contributed by atoms with E-state index in [1.807, 2.05) is 13.8 Å². The van der Waals surface area contributed by atoms with Crippen molar-refractivity contribution in [3.05, 3.63) is 0 Å². The second-order valence-corrected chi connectivity index (χ2v) is 3.20. The van der Waals surface area contributed by atoms with Crippen LogP contribution in [0, 0.1) is 11.3 Å². The summed E-state index contributed by atoms with van der Waals surface area (Å²) in [5, 5.41) is 10.9. The van der Waals surface area contributed by atoms with Crippen LogP contribution in [0.15, 0.2) is 0 Å². The summed E-state index contributed by atoms with van der Waals surface area (Å²) in [5.41, 5.74) is -0.400. The molecule has 4 heteroatoms. The van der Waals surface area contributed by atoms with Crippen molar-refractivity contribution < 1.29 is 9.53 Å². The van der Waals surface area contributed by atoms with Crippen LogP contribution in [0.3, 0.4) is 0 Å². The summed E-state index contributed by atoms with van der Waals surface area (Å²) in [6, 6.07) is 1.78. The van der Waals surface area contributed by atoms with Crippen LogP contribution in [-0.2, 0) is 9.53 Å². The molecule has 0 rings (SSSR count). The first-order chi connectivity index (χ1) is 5.52. The Morgan fingerprint density at radius 1 is 1.67 bits per heavy atom. The molecule has 0 heterocycles. The number of nitriles is 1. The molecule has 12 heavy (non-hydrogen) atoms. The van der Waals surface area contributed by atoms with Gasteiger partial charge in [-0.2, -0.15) is 5.26 Å². The second kappa shape index (κ2) is 4.73. The van der Waals surface area contributed by atoms with Crippen LogP contribution < -0.4 is 5.32 Å². The zero-order valence-corrected chi connectivity index (χ0v) is 7.68. The molecule has 0 aromatic carbocycles. The van der Waals surface area contributed by atoms with E-state index in [4.69, 9.17) is 10.00 Å². The van der Waals surface area contributed by atoms with Gasteiger partial charge in [-0.25, -0.2) is 0 Å². The number of rotatable bonds is 4. The topological polar surface area (TPSA) is 62.1 Å². The van der Waals surface area contributed by atoms with Crippen molar-refractivity contribution in [1.29, 1.82) is 5.26 Å². The van der Waals surface area contributed by atoms with Crippen LogP contribution in [0.5, 0.6) is 0 Å². The van der Waals surface area contributed by atoms with Gasteiger partial charge in [0.15, 0.2) is 0 Å². The predicted molar refractivity (Wildman–Crippen MR) is 44.3 cm³/mol. The first kappa shape index (κ1) is 10.9. The maximum absolute atomic E-state index is 10.9. The number of methoxy groups -OCH3 is 1. The van der Waals surface area contributed by atoms with E-state index in [0.717, 1.165) is 0 Å². The van der Waals surface area contributed by atoms with Crippen LogP contribution in [-0.4, -0.2) is 25.2 Å². The summed E-state index contributed by atoms with van der Waals surface area (Å²) >= 11 is 0. The van der Waals surface area contributed by atoms with E-state index >= 15 is 0 Å². The van der Waals surface area contributed by atoms with Gasteiger partial charge in [0.05, 0.1) is 18.2 Å². The Balaban J connectivity index is 3.89. The van der Waals surface area contributed by atoms with E-state index in [1.54, 1.807) is 13.2 Å². The Kier molecular flexibility index (Phi) is 4.30. The molecule has 0 aromatic rings. The van der Waals surface area contributed by atoms with E-state index in [-0.39, 0.29) is 12.3 Å². The largest absolute Gasteiger partial charge is 0.382 e. The highest BCUT2D eigenvalue weighted by molar-refractivity contribution is 5.78. The van der Waals surface area contributed by atoms with Crippen molar-refractivity contribution in [3.63, 3.8) is 0 Å². The summed E-state index contributed by atoms with van der Waals surface area (Å²) in [6.07, 6.45) is -0.104. The van der Waals surface area contributed by atoms with Gasteiger partial charge in [0, 0.05) is 7.11 Å². The number of hydrogen-bond acceptors (Lipinski definition) is 3. The fourth-order valence-electron chi connectivity index (χ4n) is 0.890. The molecule has 0 aliphatic heterocycles. The Morgan fingerprint density at radius 3 is 2.67 bits per heavy atom. The van der Waals surface area contributed by atoms with Gasteiger partial charge in [-0.3, -0.25) is 4.79 Å². The molecule has 0 aliphatic carbocycles. The van der Waals surface area contributed by atoms with Crippen molar-refractivity contribution in [1.82, 2.24) is 5.32 Å². The van der Waals surface area contributed by atoms with Crippen molar-refractivity contribution in [2.24, 2.45) is 0 Å². The molecule has 0 fully saturated rings. The van der Waals surface area contributed by atoms with Crippen molar-refractivity contribution in [2.45, 2.75) is 25.8 Å². The lowest BCUT2D eigenvalue weighted by Crippen LogP contribution is -2.46. The molecule has 0 aliphatic rings. The molecule has 0 radical (unpaired) electrons. The molecule has 0 saturated heterocycles. The summed E-state index contributed by atoms with van der Waals surface area (Å²) < 4.78 is 4.89. The molecule has 1 amide bonds. The minimum atomic E-state index is -0.400. The molecule has 0 unspecified atom stereocenters. The van der Waals surface area contributed by atoms with Crippen LogP contribution in [0.2, 0.25) is 0 Å². The Labute approximate surface area is 72.5 Å². The lowest BCUT2D eigenvalue weighted by molar-refractivity contribution is -0.122. The standard InChI is InChI=1S/C8H14N2O2/c1-8(2,6-12-3)10-7(11)4-5-9/h4,6H2,1-3H3,(H,10,11). The van der Waals surface area contributed by atoms with E-state index in [2.05, 4.69) is 5.32 Å². The average Bonchev–Trinajstić information content (AvgIpc) is 1.85. The zero-order valence-electron chi connectivity index (χ0n) is 7.68. The fourth-order valence-corrected chi connectivity index (χ4v) is 0.890. The predicted octanol–water partition coefficient (Wildman–Crippen LogP) is 0.441. The van der Waals surface area contributed by atoms with Crippen LogP contribution >= 0.6 is 0 Å². The molecule has 0 atom stereocenters. The van der Waals surface area contributed by atoms with Crippen molar-refractivity contribution in [2.75, 3.05) is 13.7 Å². The van der Waals surface area contributed by atoms with Crippen LogP contribution in [0.4, 0.5) is 0 Å². The molecule has 0 bridgehead atoms. The van der Waals surface area contributed by atoms with Gasteiger partial charge in [0.2, 0.25) is 5.91 Å². The number of carbonyl (C=O) groups is 1. The molecule has 0 saturated carbocycles. The van der Waals surface area contributed by atoms with Gasteiger partial charge in [0.25, 0.3) is 0 Å². The minimum Gasteiger partial charge on any atom is -0.382 e. The number of nitrogens with one attached hydrogen (secondary N) is 1. The lowest BCUT2D eigenvalue weighted by atomic mass is 10.1. The zero-order chi connectivity index (χ0) is 9.61. The van der Waals surface area contributed by atoms with Crippen molar-refractivity contribution >= 4 is 5.91 Å². The van der Waals surface area contributed by atoms with E-state index in [1.165, 1.54) is 0 Å². The van der Waals surface area contributed by atoms with Gasteiger partial charge < -0.3 is 10.1 Å². The number of carbonyl (C=O) groups excluding carboxylic acids is 1. The number of nitrogens with zero attached hydrogens (tertiary/aromatic N) is 1. The minimum absolute atomic E-state index is 0.104. The maximum Gasteiger partial charge on any atom is 0.234 e. The van der Waals surface area contributed by atoms with E-state index < -0.39 is 5.54 Å². The Hall–Kier alpha value is -1.08. The third kappa shape index (κ3) is 4.69. The lowest BCUT2D eigenvalue weighted by Gasteiger charge is -2.24. The van der Waals surface area contributed by atoms with Gasteiger partial charge in [-0.1, -0.05) is 0 Å². The SMILES string of the molecule is COCC(C)(C)NC(=O)CC#N. The summed E-state index contributed by atoms with van der Waals surface area (Å²) in [4.78, 5) is 10.9. The molecular weight excluding hydrogens is 156 g/mol. The summed E-state index contributed by atoms with van der Waals surface area (Å²) in [5.74, 6) is -0.264. The van der Waals surface area contributed by atoms with Gasteiger partial charge in [-0.05, 0) is 13.8 Å². The average molecular weight is 170 g/mol. The monoisotopic (exact) mass is 170 g/mol. The highest BCUT2D eigenvalue weighted by Gasteiger charge is 2.19. The van der Waals surface area contributed by atoms with E-state index in [9.17, 15) is 4.79 Å². The molecule has 4 nitrogen and oxygen atoms in total. The molecular formula is C8H14N2O2. The maximum atomic E-state index is 10.9. The number of hydrogen-bond donors (Lipinski definition) is 1. The van der Waals surface area contributed by atoms with Crippen molar-refractivity contribution in [3.8, 4) is 6.07 Å². The third-order valence-corrected chi connectivity index (χ3v) is 1.22. The normalized spacial score (nSPS) is 10.5. The first-order valence-electron chi connectivity index (χ1n) is 3.69. The Bertz CT molecular complexity index is 194. The van der Waals surface area contributed by atoms with Gasteiger partial charge >= 0.3 is 0 Å². The second-order valence-electron chi connectivity index (χ2n) is 3.20. The number of ether oxygens (including phenoxy) is 1. The molecule has 1 N–H and O–H groups in total. The third-order valence-electron chi connectivity index (χ3n) is 1.22. The fraction of sp³-hybridized carbons (Fsp3) is 0.750. The van der Waals surface area contributed by atoms with E-state index in [0.29, 0.717) is 6.61 Å². The molecule has 68 valence electrons. The quantitative estimate of drug-likeness (QED) is 0.666. The summed E-state index contributed by atoms with van der Waals surface area (Å²) in [7, 11) is 1.57. The number of amides is 1. The van der Waals surface area contributed by atoms with Gasteiger partial charge in [0.1, 0.15) is 6.42 Å². The smallest absolute Gasteiger partial charge is 0.234 e. The Morgan fingerprint density at radius 2 is 2.25 bits per heavy atom. The van der Waals surface area contributed by atoms with Crippen LogP contribution in [0.1, 0.15) is 20.3 Å². The highest BCUT2D eigenvalue weighted by atomic mass is 16.5. The molecule has 0 aromatic heterocycles. The summed E-state index contributed by atoms with van der Waals surface area (Å²) in [6.45, 7) is 4.11. The first-order valence-corrected chi connectivity index (χ1v) is 3.69.